The van der Waals surface area contributed by atoms with Crippen molar-refractivity contribution >= 4 is 23.4 Å². The van der Waals surface area contributed by atoms with Crippen LogP contribution >= 0.6 is 12.4 Å². The van der Waals surface area contributed by atoms with E-state index in [0.29, 0.717) is 5.92 Å². The van der Waals surface area contributed by atoms with E-state index in [9.17, 15) is 4.39 Å². The summed E-state index contributed by atoms with van der Waals surface area (Å²) in [6, 6.07) is 4.69. The Kier molecular flexibility index (Phi) is 3.64. The molecule has 0 saturated carbocycles. The monoisotopic (exact) mass is 255 g/mol. The summed E-state index contributed by atoms with van der Waals surface area (Å²) in [6.07, 6.45) is 2.20. The van der Waals surface area contributed by atoms with Crippen LogP contribution in [0.15, 0.2) is 18.2 Å². The van der Waals surface area contributed by atoms with Crippen molar-refractivity contribution in [2.24, 2.45) is 0 Å². The highest BCUT2D eigenvalue weighted by molar-refractivity contribution is 5.85. The van der Waals surface area contributed by atoms with Gasteiger partial charge < -0.3 is 10.3 Å². The average Bonchev–Trinajstić information content (AvgIpc) is 2.73. The number of halogens is 2. The average molecular weight is 256 g/mol. The molecule has 1 fully saturated rings. The van der Waals surface area contributed by atoms with Gasteiger partial charge in [0.15, 0.2) is 0 Å². The predicted octanol–water partition coefficient (Wildman–Crippen LogP) is 2.59. The molecule has 3 nitrogen and oxygen atoms in total. The molecule has 92 valence electrons. The number of imidazole rings is 1. The molecule has 0 unspecified atom stereocenters. The van der Waals surface area contributed by atoms with Crippen LogP contribution in [0.3, 0.4) is 0 Å². The highest BCUT2D eigenvalue weighted by Crippen LogP contribution is 2.25. The van der Waals surface area contributed by atoms with Crippen LogP contribution in [-0.2, 0) is 0 Å². The van der Waals surface area contributed by atoms with E-state index in [-0.39, 0.29) is 18.2 Å². The van der Waals surface area contributed by atoms with Crippen molar-refractivity contribution in [2.75, 3.05) is 13.1 Å². The Balaban J connectivity index is 0.00000108. The molecule has 3 rings (SSSR count). The Labute approximate surface area is 105 Å². The van der Waals surface area contributed by atoms with Gasteiger partial charge in [0.25, 0.3) is 0 Å². The minimum absolute atomic E-state index is 0. The summed E-state index contributed by atoms with van der Waals surface area (Å²) >= 11 is 0. The zero-order chi connectivity index (χ0) is 11.0. The molecule has 5 heteroatoms. The Morgan fingerprint density at radius 1 is 1.24 bits per heavy atom. The van der Waals surface area contributed by atoms with Gasteiger partial charge in [-0.3, -0.25) is 0 Å². The first-order valence-corrected chi connectivity index (χ1v) is 5.69. The zero-order valence-electron chi connectivity index (χ0n) is 9.37. The molecule has 2 N–H and O–H groups in total. The van der Waals surface area contributed by atoms with Gasteiger partial charge in [-0.15, -0.1) is 12.4 Å². The summed E-state index contributed by atoms with van der Waals surface area (Å²) in [5, 5.41) is 3.33. The zero-order valence-corrected chi connectivity index (χ0v) is 10.2. The minimum atomic E-state index is -0.215. The number of aromatic amines is 1. The maximum atomic E-state index is 13.0. The molecule has 2 aromatic rings. The fourth-order valence-corrected chi connectivity index (χ4v) is 2.29. The minimum Gasteiger partial charge on any atom is -0.342 e. The van der Waals surface area contributed by atoms with E-state index in [2.05, 4.69) is 15.3 Å². The Morgan fingerprint density at radius 2 is 2.00 bits per heavy atom. The Bertz CT molecular complexity index is 505. The molecular weight excluding hydrogens is 241 g/mol. The molecule has 1 aromatic carbocycles. The number of hydrogen-bond donors (Lipinski definition) is 2. The van der Waals surface area contributed by atoms with Crippen LogP contribution < -0.4 is 5.32 Å². The third-order valence-electron chi connectivity index (χ3n) is 3.19. The van der Waals surface area contributed by atoms with Crippen LogP contribution in [0.25, 0.3) is 11.0 Å². The molecule has 1 aliphatic rings. The first-order valence-electron chi connectivity index (χ1n) is 5.69. The third kappa shape index (κ3) is 2.42. The van der Waals surface area contributed by atoms with Gasteiger partial charge in [0, 0.05) is 5.92 Å². The molecule has 17 heavy (non-hydrogen) atoms. The van der Waals surface area contributed by atoms with Crippen LogP contribution in [0.2, 0.25) is 0 Å². The third-order valence-corrected chi connectivity index (χ3v) is 3.19. The summed E-state index contributed by atoms with van der Waals surface area (Å²) in [5.41, 5.74) is 1.66. The number of piperidine rings is 1. The lowest BCUT2D eigenvalue weighted by atomic mass is 9.98. The second kappa shape index (κ2) is 5.02. The van der Waals surface area contributed by atoms with Crippen LogP contribution in [0.4, 0.5) is 4.39 Å². The number of aromatic nitrogens is 2. The molecule has 0 radical (unpaired) electrons. The van der Waals surface area contributed by atoms with Gasteiger partial charge >= 0.3 is 0 Å². The summed E-state index contributed by atoms with van der Waals surface area (Å²) in [5.74, 6) is 1.27. The van der Waals surface area contributed by atoms with Gasteiger partial charge in [0.1, 0.15) is 11.6 Å². The lowest BCUT2D eigenvalue weighted by Gasteiger charge is -2.20. The van der Waals surface area contributed by atoms with Crippen molar-refractivity contribution in [3.63, 3.8) is 0 Å². The topological polar surface area (TPSA) is 40.7 Å². The van der Waals surface area contributed by atoms with E-state index in [1.54, 1.807) is 6.07 Å². The number of nitrogens with zero attached hydrogens (tertiary/aromatic N) is 1. The standard InChI is InChI=1S/C12H14FN3.ClH/c13-9-1-2-10-11(7-9)16-12(15-10)8-3-5-14-6-4-8;/h1-2,7-8,14H,3-6H2,(H,15,16);1H. The van der Waals surface area contributed by atoms with Gasteiger partial charge in [0.2, 0.25) is 0 Å². The summed E-state index contributed by atoms with van der Waals surface area (Å²) in [7, 11) is 0. The molecule has 0 spiro atoms. The predicted molar refractivity (Wildman–Crippen MR) is 68.1 cm³/mol. The van der Waals surface area contributed by atoms with Crippen LogP contribution in [0, 0.1) is 5.82 Å². The number of benzene rings is 1. The first kappa shape index (κ1) is 12.3. The summed E-state index contributed by atoms with van der Waals surface area (Å²) in [4.78, 5) is 7.75. The molecule has 0 amide bonds. The van der Waals surface area contributed by atoms with Crippen molar-refractivity contribution in [3.05, 3.63) is 29.8 Å². The van der Waals surface area contributed by atoms with Crippen molar-refractivity contribution in [1.29, 1.82) is 0 Å². The fraction of sp³-hybridized carbons (Fsp3) is 0.417. The number of nitrogens with one attached hydrogen (secondary N) is 2. The number of H-pyrrole nitrogens is 1. The molecule has 0 bridgehead atoms. The molecule has 1 aliphatic heterocycles. The summed E-state index contributed by atoms with van der Waals surface area (Å²) < 4.78 is 13.0. The Morgan fingerprint density at radius 3 is 2.76 bits per heavy atom. The van der Waals surface area contributed by atoms with Crippen LogP contribution in [0.5, 0.6) is 0 Å². The van der Waals surface area contributed by atoms with Crippen molar-refractivity contribution in [1.82, 2.24) is 15.3 Å². The molecule has 1 saturated heterocycles. The molecule has 0 atom stereocenters. The van der Waals surface area contributed by atoms with Crippen molar-refractivity contribution < 1.29 is 4.39 Å². The van der Waals surface area contributed by atoms with Gasteiger partial charge in [-0.2, -0.15) is 0 Å². The normalized spacial score (nSPS) is 17.0. The highest BCUT2D eigenvalue weighted by Gasteiger charge is 2.18. The number of fused-ring (bicyclic) bond motifs is 1. The first-order chi connectivity index (χ1) is 7.83. The number of hydrogen-bond acceptors (Lipinski definition) is 2. The van der Waals surface area contributed by atoms with E-state index in [1.807, 2.05) is 0 Å². The van der Waals surface area contributed by atoms with Gasteiger partial charge in [-0.1, -0.05) is 0 Å². The largest absolute Gasteiger partial charge is 0.342 e. The van der Waals surface area contributed by atoms with Crippen LogP contribution in [0.1, 0.15) is 24.6 Å². The van der Waals surface area contributed by atoms with Gasteiger partial charge in [-0.25, -0.2) is 9.37 Å². The quantitative estimate of drug-likeness (QED) is 0.822. The second-order valence-corrected chi connectivity index (χ2v) is 4.31. The maximum absolute atomic E-state index is 13.0. The van der Waals surface area contributed by atoms with E-state index < -0.39 is 0 Å². The molecule has 0 aliphatic carbocycles. The number of rotatable bonds is 1. The fourth-order valence-electron chi connectivity index (χ4n) is 2.29. The summed E-state index contributed by atoms with van der Waals surface area (Å²) in [6.45, 7) is 2.08. The SMILES string of the molecule is Cl.Fc1ccc2nc(C3CCNCC3)[nH]c2c1. The molecule has 1 aromatic heterocycles. The van der Waals surface area contributed by atoms with Crippen molar-refractivity contribution in [2.45, 2.75) is 18.8 Å². The lowest BCUT2D eigenvalue weighted by molar-refractivity contribution is 0.448. The van der Waals surface area contributed by atoms with E-state index in [1.165, 1.54) is 12.1 Å². The van der Waals surface area contributed by atoms with Crippen LogP contribution in [-0.4, -0.2) is 23.1 Å². The van der Waals surface area contributed by atoms with Gasteiger partial charge in [0.05, 0.1) is 11.0 Å². The maximum Gasteiger partial charge on any atom is 0.125 e. The van der Waals surface area contributed by atoms with E-state index >= 15 is 0 Å². The molecular formula is C12H15ClFN3. The second-order valence-electron chi connectivity index (χ2n) is 4.31. The van der Waals surface area contributed by atoms with Gasteiger partial charge in [-0.05, 0) is 44.1 Å². The van der Waals surface area contributed by atoms with Crippen molar-refractivity contribution in [3.8, 4) is 0 Å². The van der Waals surface area contributed by atoms with E-state index in [4.69, 9.17) is 0 Å². The van der Waals surface area contributed by atoms with E-state index in [0.717, 1.165) is 42.8 Å². The highest BCUT2D eigenvalue weighted by atomic mass is 35.5. The lowest BCUT2D eigenvalue weighted by Crippen LogP contribution is -2.27. The molecule has 2 heterocycles. The Hall–Kier alpha value is -1.13. The smallest absolute Gasteiger partial charge is 0.125 e.